The molecule has 0 atom stereocenters. The van der Waals surface area contributed by atoms with Gasteiger partial charge in [0.25, 0.3) is 0 Å². The van der Waals surface area contributed by atoms with Crippen LogP contribution < -0.4 is 4.90 Å². The lowest BCUT2D eigenvalue weighted by Crippen LogP contribution is -2.18. The van der Waals surface area contributed by atoms with Crippen LogP contribution in [0.25, 0.3) is 0 Å². The van der Waals surface area contributed by atoms with Crippen LogP contribution in [-0.4, -0.2) is 17.0 Å². The highest BCUT2D eigenvalue weighted by molar-refractivity contribution is 9.10. The quantitative estimate of drug-likeness (QED) is 0.804. The molecule has 2 rings (SSSR count). The smallest absolute Gasteiger partial charge is 0.224 e. The van der Waals surface area contributed by atoms with Gasteiger partial charge in [0.2, 0.25) is 5.28 Å². The summed E-state index contributed by atoms with van der Waals surface area (Å²) in [6, 6.07) is 6.35. The van der Waals surface area contributed by atoms with E-state index in [0.29, 0.717) is 12.4 Å². The van der Waals surface area contributed by atoms with Gasteiger partial charge in [0, 0.05) is 19.8 Å². The molecule has 0 bridgehead atoms. The van der Waals surface area contributed by atoms with Crippen molar-refractivity contribution in [3.63, 3.8) is 0 Å². The predicted octanol–water partition coefficient (Wildman–Crippen LogP) is 3.67. The van der Waals surface area contributed by atoms with E-state index in [1.807, 2.05) is 11.9 Å². The molecule has 0 radical (unpaired) electrons. The topological polar surface area (TPSA) is 29.0 Å². The number of halogens is 3. The Balaban J connectivity index is 2.18. The van der Waals surface area contributed by atoms with Gasteiger partial charge in [-0.15, -0.1) is 0 Å². The third kappa shape index (κ3) is 3.17. The second kappa shape index (κ2) is 5.63. The molecule has 6 heteroatoms. The fourth-order valence-electron chi connectivity index (χ4n) is 1.54. The molecule has 1 aromatic heterocycles. The number of aromatic nitrogens is 2. The highest BCUT2D eigenvalue weighted by Gasteiger charge is 2.09. The highest BCUT2D eigenvalue weighted by Crippen LogP contribution is 2.24. The second-order valence-corrected chi connectivity index (χ2v) is 4.99. The van der Waals surface area contributed by atoms with Gasteiger partial charge in [0.15, 0.2) is 0 Å². The van der Waals surface area contributed by atoms with Crippen molar-refractivity contribution in [2.45, 2.75) is 6.54 Å². The summed E-state index contributed by atoms with van der Waals surface area (Å²) in [6.45, 7) is 0.603. The van der Waals surface area contributed by atoms with Crippen molar-refractivity contribution >= 4 is 33.3 Å². The minimum absolute atomic E-state index is 0.194. The van der Waals surface area contributed by atoms with Crippen LogP contribution in [0.3, 0.4) is 0 Å². The van der Waals surface area contributed by atoms with Crippen molar-refractivity contribution in [1.82, 2.24) is 9.97 Å². The molecule has 0 saturated heterocycles. The average Bonchev–Trinajstić information content (AvgIpc) is 2.35. The molecule has 1 heterocycles. The summed E-state index contributed by atoms with van der Waals surface area (Å²) in [5.74, 6) is 0.451. The first-order valence-electron chi connectivity index (χ1n) is 5.20. The van der Waals surface area contributed by atoms with Crippen molar-refractivity contribution in [3.05, 3.63) is 51.6 Å². The van der Waals surface area contributed by atoms with Crippen LogP contribution in [0.2, 0.25) is 5.28 Å². The Morgan fingerprint density at radius 1 is 1.33 bits per heavy atom. The van der Waals surface area contributed by atoms with Crippen molar-refractivity contribution < 1.29 is 4.39 Å². The van der Waals surface area contributed by atoms with Crippen LogP contribution in [0.5, 0.6) is 0 Å². The molecule has 0 aliphatic heterocycles. The summed E-state index contributed by atoms with van der Waals surface area (Å²) in [5, 5.41) is 0.194. The van der Waals surface area contributed by atoms with Gasteiger partial charge in [-0.3, -0.25) is 0 Å². The van der Waals surface area contributed by atoms with Gasteiger partial charge in [-0.25, -0.2) is 9.37 Å². The van der Waals surface area contributed by atoms with Gasteiger partial charge in [-0.05, 0) is 45.2 Å². The van der Waals surface area contributed by atoms with E-state index in [1.165, 1.54) is 12.1 Å². The molecule has 1 aromatic carbocycles. The second-order valence-electron chi connectivity index (χ2n) is 3.79. The molecular weight excluding hydrogens is 321 g/mol. The summed E-state index contributed by atoms with van der Waals surface area (Å²) in [7, 11) is 1.88. The van der Waals surface area contributed by atoms with E-state index in [9.17, 15) is 4.39 Å². The minimum Gasteiger partial charge on any atom is -0.354 e. The molecule has 0 unspecified atom stereocenters. The molecule has 0 fully saturated rings. The van der Waals surface area contributed by atoms with E-state index in [2.05, 4.69) is 25.9 Å². The Hall–Kier alpha value is -1.20. The summed E-state index contributed by atoms with van der Waals surface area (Å²) in [5.41, 5.74) is 0.987. The first-order valence-corrected chi connectivity index (χ1v) is 6.37. The maximum atomic E-state index is 12.8. The fourth-order valence-corrected chi connectivity index (χ4v) is 2.17. The zero-order chi connectivity index (χ0) is 13.1. The molecule has 0 N–H and O–H groups in total. The van der Waals surface area contributed by atoms with E-state index in [4.69, 9.17) is 11.6 Å². The number of rotatable bonds is 3. The zero-order valence-electron chi connectivity index (χ0n) is 9.57. The van der Waals surface area contributed by atoms with E-state index >= 15 is 0 Å². The van der Waals surface area contributed by atoms with Gasteiger partial charge < -0.3 is 4.90 Å². The summed E-state index contributed by atoms with van der Waals surface area (Å²) >= 11 is 9.14. The Labute approximate surface area is 118 Å². The number of hydrogen-bond donors (Lipinski definition) is 0. The minimum atomic E-state index is -0.243. The lowest BCUT2D eigenvalue weighted by Gasteiger charge is -2.19. The van der Waals surface area contributed by atoms with Gasteiger partial charge in [-0.2, -0.15) is 4.98 Å². The maximum Gasteiger partial charge on any atom is 0.224 e. The Morgan fingerprint density at radius 3 is 2.67 bits per heavy atom. The van der Waals surface area contributed by atoms with Crippen LogP contribution in [0.15, 0.2) is 34.9 Å². The molecule has 0 aliphatic rings. The molecule has 94 valence electrons. The average molecular weight is 331 g/mol. The van der Waals surface area contributed by atoms with E-state index in [1.54, 1.807) is 18.3 Å². The van der Waals surface area contributed by atoms with Crippen molar-refractivity contribution in [3.8, 4) is 0 Å². The third-order valence-corrected chi connectivity index (χ3v) is 3.13. The van der Waals surface area contributed by atoms with Crippen LogP contribution >= 0.6 is 27.5 Å². The van der Waals surface area contributed by atoms with Crippen LogP contribution in [0, 0.1) is 5.82 Å². The van der Waals surface area contributed by atoms with E-state index in [0.717, 1.165) is 10.0 Å². The molecule has 0 spiro atoms. The Bertz CT molecular complexity index is 548. The first-order chi connectivity index (χ1) is 8.56. The van der Waals surface area contributed by atoms with E-state index in [-0.39, 0.29) is 11.1 Å². The maximum absolute atomic E-state index is 12.8. The number of nitrogens with zero attached hydrogens (tertiary/aromatic N) is 3. The van der Waals surface area contributed by atoms with E-state index < -0.39 is 0 Å². The number of anilines is 1. The Kier molecular flexibility index (Phi) is 4.14. The predicted molar refractivity (Wildman–Crippen MR) is 73.2 cm³/mol. The molecule has 0 amide bonds. The summed E-state index contributed by atoms with van der Waals surface area (Å²) in [6.07, 6.45) is 1.60. The summed E-state index contributed by atoms with van der Waals surface area (Å²) < 4.78 is 13.6. The molecule has 2 aromatic rings. The van der Waals surface area contributed by atoms with Crippen LogP contribution in [-0.2, 0) is 6.54 Å². The van der Waals surface area contributed by atoms with Crippen molar-refractivity contribution in [2.75, 3.05) is 11.9 Å². The molecule has 18 heavy (non-hydrogen) atoms. The van der Waals surface area contributed by atoms with Crippen molar-refractivity contribution in [2.24, 2.45) is 0 Å². The first kappa shape index (κ1) is 13.2. The van der Waals surface area contributed by atoms with Crippen molar-refractivity contribution in [1.29, 1.82) is 0 Å². The molecular formula is C12H10BrClFN3. The lowest BCUT2D eigenvalue weighted by atomic mass is 10.2. The molecule has 0 aliphatic carbocycles. The van der Waals surface area contributed by atoms with Crippen LogP contribution in [0.1, 0.15) is 5.56 Å². The Morgan fingerprint density at radius 2 is 2.00 bits per heavy atom. The monoisotopic (exact) mass is 329 g/mol. The number of hydrogen-bond acceptors (Lipinski definition) is 3. The molecule has 0 saturated carbocycles. The van der Waals surface area contributed by atoms with Crippen LogP contribution in [0.4, 0.5) is 10.2 Å². The lowest BCUT2D eigenvalue weighted by molar-refractivity contribution is 0.627. The standard InChI is InChI=1S/C12H10BrClFN3/c1-18(7-8-2-4-9(15)5-3-8)11-10(13)6-16-12(14)17-11/h2-6H,7H2,1H3. The largest absolute Gasteiger partial charge is 0.354 e. The summed E-state index contributed by atoms with van der Waals surface area (Å²) in [4.78, 5) is 9.92. The van der Waals surface area contributed by atoms with Gasteiger partial charge in [0.1, 0.15) is 11.6 Å². The fraction of sp³-hybridized carbons (Fsp3) is 0.167. The SMILES string of the molecule is CN(Cc1ccc(F)cc1)c1nc(Cl)ncc1Br. The molecule has 3 nitrogen and oxygen atoms in total. The normalized spacial score (nSPS) is 10.4. The zero-order valence-corrected chi connectivity index (χ0v) is 11.9. The third-order valence-electron chi connectivity index (χ3n) is 2.39. The number of benzene rings is 1. The van der Waals surface area contributed by atoms with Gasteiger partial charge >= 0.3 is 0 Å². The van der Waals surface area contributed by atoms with Gasteiger partial charge in [0.05, 0.1) is 4.47 Å². The highest BCUT2D eigenvalue weighted by atomic mass is 79.9. The van der Waals surface area contributed by atoms with Gasteiger partial charge in [-0.1, -0.05) is 12.1 Å².